The molecular weight excluding hydrogens is 477 g/mol. The van der Waals surface area contributed by atoms with Gasteiger partial charge in [-0.1, -0.05) is 25.0 Å². The van der Waals surface area contributed by atoms with Crippen LogP contribution in [0.25, 0.3) is 0 Å². The van der Waals surface area contributed by atoms with Crippen LogP contribution >= 0.6 is 24.0 Å². The number of piperazine rings is 1. The number of hydrogen-bond donors (Lipinski definition) is 2. The van der Waals surface area contributed by atoms with Gasteiger partial charge in [-0.05, 0) is 57.5 Å². The first-order valence-corrected chi connectivity index (χ1v) is 11.0. The summed E-state index contributed by atoms with van der Waals surface area (Å²) in [4.78, 5) is 11.7. The molecule has 1 aromatic rings. The maximum atomic E-state index is 10.1. The van der Waals surface area contributed by atoms with Crippen molar-refractivity contribution in [2.24, 2.45) is 4.99 Å². The Labute approximate surface area is 193 Å². The van der Waals surface area contributed by atoms with Crippen LogP contribution in [-0.2, 0) is 0 Å². The number of para-hydroxylation sites is 2. The number of aromatic hydroxyl groups is 1. The SMILES string of the molecule is CN=C(NCCCCCN1CCCCC1)N1CCN(c2ccccc2O)CC1.I. The van der Waals surface area contributed by atoms with Crippen LogP contribution in [0, 0.1) is 0 Å². The van der Waals surface area contributed by atoms with Gasteiger partial charge in [0.15, 0.2) is 5.96 Å². The summed E-state index contributed by atoms with van der Waals surface area (Å²) >= 11 is 0. The van der Waals surface area contributed by atoms with Crippen LogP contribution in [0.1, 0.15) is 38.5 Å². The number of nitrogens with one attached hydrogen (secondary N) is 1. The van der Waals surface area contributed by atoms with Crippen LogP contribution in [0.3, 0.4) is 0 Å². The lowest BCUT2D eigenvalue weighted by molar-refractivity contribution is 0.224. The number of halogens is 1. The minimum Gasteiger partial charge on any atom is -0.506 e. The van der Waals surface area contributed by atoms with Crippen LogP contribution in [0.2, 0.25) is 0 Å². The van der Waals surface area contributed by atoms with Gasteiger partial charge in [0.25, 0.3) is 0 Å². The molecule has 0 amide bonds. The van der Waals surface area contributed by atoms with E-state index in [-0.39, 0.29) is 24.0 Å². The Kier molecular flexibility index (Phi) is 10.9. The predicted molar refractivity (Wildman–Crippen MR) is 133 cm³/mol. The number of rotatable bonds is 7. The fourth-order valence-electron chi connectivity index (χ4n) is 4.24. The van der Waals surface area contributed by atoms with Gasteiger partial charge in [0.05, 0.1) is 5.69 Å². The number of likely N-dealkylation sites (tertiary alicyclic amines) is 1. The van der Waals surface area contributed by atoms with E-state index < -0.39 is 0 Å². The van der Waals surface area contributed by atoms with E-state index in [4.69, 9.17) is 0 Å². The highest BCUT2D eigenvalue weighted by atomic mass is 127. The first kappa shape index (κ1) is 24.1. The Balaban J connectivity index is 0.00000300. The Morgan fingerprint density at radius 2 is 1.69 bits per heavy atom. The molecule has 0 spiro atoms. The maximum Gasteiger partial charge on any atom is 0.193 e. The second-order valence-electron chi connectivity index (χ2n) is 7.90. The highest BCUT2D eigenvalue weighted by Gasteiger charge is 2.21. The van der Waals surface area contributed by atoms with Crippen molar-refractivity contribution < 1.29 is 5.11 Å². The van der Waals surface area contributed by atoms with E-state index in [1.165, 1.54) is 58.2 Å². The highest BCUT2D eigenvalue weighted by molar-refractivity contribution is 14.0. The molecule has 29 heavy (non-hydrogen) atoms. The molecule has 164 valence electrons. The highest BCUT2D eigenvalue weighted by Crippen LogP contribution is 2.27. The van der Waals surface area contributed by atoms with E-state index in [1.54, 1.807) is 6.07 Å². The molecule has 2 aliphatic heterocycles. The zero-order chi connectivity index (χ0) is 19.6. The van der Waals surface area contributed by atoms with Crippen molar-refractivity contribution in [2.45, 2.75) is 38.5 Å². The molecule has 0 radical (unpaired) electrons. The number of guanidine groups is 1. The third-order valence-corrected chi connectivity index (χ3v) is 5.90. The Morgan fingerprint density at radius 3 is 2.38 bits per heavy atom. The summed E-state index contributed by atoms with van der Waals surface area (Å²) in [5, 5.41) is 13.6. The number of nitrogens with zero attached hydrogens (tertiary/aromatic N) is 4. The molecule has 1 aromatic carbocycles. The minimum atomic E-state index is 0. The number of phenols is 1. The Morgan fingerprint density at radius 1 is 0.966 bits per heavy atom. The average molecular weight is 515 g/mol. The van der Waals surface area contributed by atoms with Gasteiger partial charge in [0.2, 0.25) is 0 Å². The van der Waals surface area contributed by atoms with Crippen molar-refractivity contribution >= 4 is 35.6 Å². The lowest BCUT2D eigenvalue weighted by Gasteiger charge is -2.37. The molecule has 2 N–H and O–H groups in total. The summed E-state index contributed by atoms with van der Waals surface area (Å²) in [6.45, 7) is 8.50. The third-order valence-electron chi connectivity index (χ3n) is 5.90. The molecule has 2 fully saturated rings. The molecule has 0 aromatic heterocycles. The molecule has 6 nitrogen and oxygen atoms in total. The second-order valence-corrected chi connectivity index (χ2v) is 7.90. The summed E-state index contributed by atoms with van der Waals surface area (Å²) in [7, 11) is 1.87. The van der Waals surface area contributed by atoms with Crippen molar-refractivity contribution in [2.75, 3.05) is 64.3 Å². The van der Waals surface area contributed by atoms with E-state index in [2.05, 4.69) is 25.0 Å². The summed E-state index contributed by atoms with van der Waals surface area (Å²) in [6, 6.07) is 7.59. The van der Waals surface area contributed by atoms with Crippen molar-refractivity contribution in [1.29, 1.82) is 0 Å². The second kappa shape index (κ2) is 13.2. The molecule has 0 atom stereocenters. The largest absolute Gasteiger partial charge is 0.506 e. The van der Waals surface area contributed by atoms with E-state index >= 15 is 0 Å². The van der Waals surface area contributed by atoms with Crippen LogP contribution in [0.4, 0.5) is 5.69 Å². The zero-order valence-electron chi connectivity index (χ0n) is 17.9. The average Bonchev–Trinajstić information content (AvgIpc) is 2.75. The summed E-state index contributed by atoms with van der Waals surface area (Å²) < 4.78 is 0. The fraction of sp³-hybridized carbons (Fsp3) is 0.682. The standard InChI is InChI=1S/C22H37N5O.HI/c1-23-22(24-12-6-2-7-13-25-14-8-3-9-15-25)27-18-16-26(17-19-27)20-10-4-5-11-21(20)28;/h4-5,10-11,28H,2-3,6-9,12-19H2,1H3,(H,23,24);1H. The van der Waals surface area contributed by atoms with Gasteiger partial charge in [-0.3, -0.25) is 4.99 Å². The van der Waals surface area contributed by atoms with Gasteiger partial charge in [-0.2, -0.15) is 0 Å². The number of unbranched alkanes of at least 4 members (excludes halogenated alkanes) is 2. The smallest absolute Gasteiger partial charge is 0.193 e. The number of piperidine rings is 1. The monoisotopic (exact) mass is 515 g/mol. The number of phenolic OH excluding ortho intramolecular Hbond substituents is 1. The molecule has 0 unspecified atom stereocenters. The molecule has 3 rings (SSSR count). The summed E-state index contributed by atoms with van der Waals surface area (Å²) in [6.07, 6.45) is 7.97. The number of hydrogen-bond acceptors (Lipinski definition) is 4. The molecule has 0 aliphatic carbocycles. The van der Waals surface area contributed by atoms with Crippen molar-refractivity contribution in [3.05, 3.63) is 24.3 Å². The van der Waals surface area contributed by atoms with Gasteiger partial charge >= 0.3 is 0 Å². The van der Waals surface area contributed by atoms with Gasteiger partial charge in [-0.15, -0.1) is 24.0 Å². The molecule has 2 aliphatic rings. The fourth-order valence-corrected chi connectivity index (χ4v) is 4.24. The number of benzene rings is 1. The van der Waals surface area contributed by atoms with Gasteiger partial charge in [-0.25, -0.2) is 0 Å². The Bertz CT molecular complexity index is 613. The van der Waals surface area contributed by atoms with Gasteiger partial charge < -0.3 is 25.1 Å². The molecule has 0 bridgehead atoms. The number of anilines is 1. The quantitative estimate of drug-likeness (QED) is 0.253. The van der Waals surface area contributed by atoms with Crippen molar-refractivity contribution in [3.8, 4) is 5.75 Å². The van der Waals surface area contributed by atoms with Crippen LogP contribution in [-0.4, -0.2) is 80.3 Å². The van der Waals surface area contributed by atoms with Gasteiger partial charge in [0, 0.05) is 39.8 Å². The lowest BCUT2D eigenvalue weighted by Crippen LogP contribution is -2.52. The molecule has 0 saturated carbocycles. The van der Waals surface area contributed by atoms with E-state index in [1.807, 2.05) is 25.2 Å². The number of aliphatic imine (C=N–C) groups is 1. The summed E-state index contributed by atoms with van der Waals surface area (Å²) in [5.41, 5.74) is 0.929. The van der Waals surface area contributed by atoms with Crippen LogP contribution in [0.5, 0.6) is 5.75 Å². The van der Waals surface area contributed by atoms with E-state index in [0.717, 1.165) is 44.4 Å². The first-order valence-electron chi connectivity index (χ1n) is 11.0. The maximum absolute atomic E-state index is 10.1. The molecule has 2 heterocycles. The van der Waals surface area contributed by atoms with Crippen molar-refractivity contribution in [3.63, 3.8) is 0 Å². The van der Waals surface area contributed by atoms with E-state index in [9.17, 15) is 5.11 Å². The third kappa shape index (κ3) is 7.51. The van der Waals surface area contributed by atoms with Gasteiger partial charge in [0.1, 0.15) is 5.75 Å². The first-order chi connectivity index (χ1) is 13.8. The lowest BCUT2D eigenvalue weighted by atomic mass is 10.1. The predicted octanol–water partition coefficient (Wildman–Crippen LogP) is 3.36. The normalized spacial score (nSPS) is 18.4. The molecule has 7 heteroatoms. The van der Waals surface area contributed by atoms with E-state index in [0.29, 0.717) is 5.75 Å². The Hall–Kier alpha value is -1.22. The van der Waals surface area contributed by atoms with Crippen LogP contribution < -0.4 is 10.2 Å². The van der Waals surface area contributed by atoms with Crippen molar-refractivity contribution in [1.82, 2.24) is 15.1 Å². The minimum absolute atomic E-state index is 0. The van der Waals surface area contributed by atoms with Crippen LogP contribution in [0.15, 0.2) is 29.3 Å². The summed E-state index contributed by atoms with van der Waals surface area (Å²) in [5.74, 6) is 1.37. The topological polar surface area (TPSA) is 54.3 Å². The zero-order valence-corrected chi connectivity index (χ0v) is 20.2. The molecule has 2 saturated heterocycles. The molecular formula is C22H38IN5O.